The maximum atomic E-state index is 12.5. The minimum absolute atomic E-state index is 0.124. The highest BCUT2D eigenvalue weighted by atomic mass is 28.4. The molecular weight excluding hydrogens is 211 g/mol. The molecule has 1 rings (SSSR count). The van der Waals surface area contributed by atoms with E-state index in [2.05, 4.69) is 20.8 Å². The summed E-state index contributed by atoms with van der Waals surface area (Å²) in [4.78, 5) is 0. The standard InChI is InChI=1S/C11H21FO2Si/c1-4-15(5-2,6-3)14-10-7-8-13-11(10)9-12/h9-10H,4-8H2,1-3H3/b11-9-/t10-/m1/s1. The number of halogens is 1. The summed E-state index contributed by atoms with van der Waals surface area (Å²) in [7, 11) is -1.63. The van der Waals surface area contributed by atoms with Gasteiger partial charge in [0, 0.05) is 6.42 Å². The zero-order chi connectivity index (χ0) is 11.3. The van der Waals surface area contributed by atoms with Crippen LogP contribution in [-0.2, 0) is 9.16 Å². The molecule has 0 amide bonds. The highest BCUT2D eigenvalue weighted by Crippen LogP contribution is 2.30. The fourth-order valence-electron chi connectivity index (χ4n) is 2.04. The van der Waals surface area contributed by atoms with Crippen molar-refractivity contribution in [2.45, 2.75) is 51.4 Å². The maximum Gasteiger partial charge on any atom is 0.193 e. The Labute approximate surface area is 92.6 Å². The van der Waals surface area contributed by atoms with Crippen LogP contribution in [0.2, 0.25) is 18.1 Å². The number of hydrogen-bond acceptors (Lipinski definition) is 2. The van der Waals surface area contributed by atoms with Crippen molar-refractivity contribution in [1.29, 1.82) is 0 Å². The molecule has 1 saturated heterocycles. The van der Waals surface area contributed by atoms with Crippen molar-refractivity contribution in [2.75, 3.05) is 6.61 Å². The lowest BCUT2D eigenvalue weighted by Crippen LogP contribution is -2.39. The third-order valence-corrected chi connectivity index (χ3v) is 8.05. The Morgan fingerprint density at radius 3 is 2.47 bits per heavy atom. The van der Waals surface area contributed by atoms with E-state index < -0.39 is 8.32 Å². The van der Waals surface area contributed by atoms with Crippen molar-refractivity contribution >= 4 is 8.32 Å². The molecule has 2 nitrogen and oxygen atoms in total. The topological polar surface area (TPSA) is 18.5 Å². The van der Waals surface area contributed by atoms with Crippen molar-refractivity contribution in [2.24, 2.45) is 0 Å². The van der Waals surface area contributed by atoms with Gasteiger partial charge in [0.1, 0.15) is 12.4 Å². The highest BCUT2D eigenvalue weighted by molar-refractivity contribution is 6.73. The quantitative estimate of drug-likeness (QED) is 0.674. The van der Waals surface area contributed by atoms with Crippen LogP contribution in [0.25, 0.3) is 0 Å². The fourth-order valence-corrected chi connectivity index (χ4v) is 4.88. The van der Waals surface area contributed by atoms with Gasteiger partial charge in [0.2, 0.25) is 0 Å². The van der Waals surface area contributed by atoms with Crippen molar-refractivity contribution < 1.29 is 13.6 Å². The van der Waals surface area contributed by atoms with E-state index in [0.29, 0.717) is 18.7 Å². The first kappa shape index (κ1) is 12.7. The summed E-state index contributed by atoms with van der Waals surface area (Å²) in [6.07, 6.45) is 1.23. The summed E-state index contributed by atoms with van der Waals surface area (Å²) in [5.74, 6) is 0.391. The van der Waals surface area contributed by atoms with E-state index in [1.54, 1.807) is 0 Å². The summed E-state index contributed by atoms with van der Waals surface area (Å²) in [6, 6.07) is 3.28. The van der Waals surface area contributed by atoms with Crippen LogP contribution < -0.4 is 0 Å². The summed E-state index contributed by atoms with van der Waals surface area (Å²) < 4.78 is 23.8. The molecule has 0 aromatic carbocycles. The second kappa shape index (κ2) is 5.65. The average Bonchev–Trinajstić information content (AvgIpc) is 2.73. The van der Waals surface area contributed by atoms with Crippen LogP contribution in [0.3, 0.4) is 0 Å². The van der Waals surface area contributed by atoms with E-state index in [4.69, 9.17) is 9.16 Å². The SMILES string of the molecule is CC[Si](CC)(CC)O[C@@H]1CCO/C1=C\F. The Balaban J connectivity index is 2.65. The summed E-state index contributed by atoms with van der Waals surface area (Å²) in [5, 5.41) is 0. The molecule has 0 unspecified atom stereocenters. The Bertz CT molecular complexity index is 218. The van der Waals surface area contributed by atoms with E-state index in [0.717, 1.165) is 24.6 Å². The Hall–Kier alpha value is -0.353. The van der Waals surface area contributed by atoms with E-state index >= 15 is 0 Å². The second-order valence-electron chi connectivity index (χ2n) is 4.00. The fraction of sp³-hybridized carbons (Fsp3) is 0.818. The van der Waals surface area contributed by atoms with Gasteiger partial charge in [0.05, 0.1) is 6.61 Å². The largest absolute Gasteiger partial charge is 0.493 e. The molecule has 1 atom stereocenters. The number of rotatable bonds is 5. The van der Waals surface area contributed by atoms with Gasteiger partial charge in [-0.15, -0.1) is 0 Å². The van der Waals surface area contributed by atoms with Gasteiger partial charge in [-0.3, -0.25) is 0 Å². The van der Waals surface area contributed by atoms with Crippen molar-refractivity contribution in [3.8, 4) is 0 Å². The first-order valence-electron chi connectivity index (χ1n) is 5.82. The molecule has 0 bridgehead atoms. The summed E-state index contributed by atoms with van der Waals surface area (Å²) in [5.41, 5.74) is 0. The lowest BCUT2D eigenvalue weighted by molar-refractivity contribution is 0.195. The van der Waals surface area contributed by atoms with Gasteiger partial charge in [-0.05, 0) is 18.1 Å². The van der Waals surface area contributed by atoms with Gasteiger partial charge in [-0.25, -0.2) is 4.39 Å². The van der Waals surface area contributed by atoms with Gasteiger partial charge < -0.3 is 9.16 Å². The van der Waals surface area contributed by atoms with Crippen LogP contribution >= 0.6 is 0 Å². The van der Waals surface area contributed by atoms with Crippen LogP contribution in [0.4, 0.5) is 4.39 Å². The predicted octanol–water partition coefficient (Wildman–Crippen LogP) is 3.61. The molecule has 0 saturated carbocycles. The molecular formula is C11H21FO2Si. The molecule has 4 heteroatoms. The molecule has 1 aliphatic rings. The molecule has 1 heterocycles. The van der Waals surface area contributed by atoms with Crippen molar-refractivity contribution in [3.63, 3.8) is 0 Å². The molecule has 15 heavy (non-hydrogen) atoms. The van der Waals surface area contributed by atoms with Crippen molar-refractivity contribution in [3.05, 3.63) is 12.1 Å². The summed E-state index contributed by atoms with van der Waals surface area (Å²) in [6.45, 7) is 7.11. The molecule has 0 aromatic heterocycles. The van der Waals surface area contributed by atoms with Gasteiger partial charge in [0.15, 0.2) is 14.1 Å². The zero-order valence-electron chi connectivity index (χ0n) is 9.88. The van der Waals surface area contributed by atoms with E-state index in [-0.39, 0.29) is 6.10 Å². The Kier molecular flexibility index (Phi) is 4.79. The van der Waals surface area contributed by atoms with Gasteiger partial charge in [-0.2, -0.15) is 0 Å². The molecule has 0 N–H and O–H groups in total. The molecule has 0 radical (unpaired) electrons. The van der Waals surface area contributed by atoms with E-state index in [9.17, 15) is 4.39 Å². The Morgan fingerprint density at radius 1 is 1.40 bits per heavy atom. The lowest BCUT2D eigenvalue weighted by Gasteiger charge is -2.31. The van der Waals surface area contributed by atoms with Crippen LogP contribution in [0.15, 0.2) is 12.1 Å². The monoisotopic (exact) mass is 232 g/mol. The molecule has 0 spiro atoms. The predicted molar refractivity (Wildman–Crippen MR) is 61.8 cm³/mol. The Morgan fingerprint density at radius 2 is 2.00 bits per heavy atom. The molecule has 0 aliphatic carbocycles. The normalized spacial score (nSPS) is 24.5. The van der Waals surface area contributed by atoms with Crippen LogP contribution in [-0.4, -0.2) is 21.0 Å². The molecule has 88 valence electrons. The molecule has 0 aromatic rings. The van der Waals surface area contributed by atoms with Crippen LogP contribution in [0.1, 0.15) is 27.2 Å². The average molecular weight is 232 g/mol. The van der Waals surface area contributed by atoms with E-state index in [1.807, 2.05) is 0 Å². The second-order valence-corrected chi connectivity index (χ2v) is 8.72. The summed E-state index contributed by atoms with van der Waals surface area (Å²) >= 11 is 0. The molecule has 1 fully saturated rings. The van der Waals surface area contributed by atoms with Crippen LogP contribution in [0.5, 0.6) is 0 Å². The van der Waals surface area contributed by atoms with Gasteiger partial charge in [-0.1, -0.05) is 20.8 Å². The lowest BCUT2D eigenvalue weighted by atomic mass is 10.3. The smallest absolute Gasteiger partial charge is 0.193 e. The minimum Gasteiger partial charge on any atom is -0.493 e. The maximum absolute atomic E-state index is 12.5. The third kappa shape index (κ3) is 2.81. The molecule has 1 aliphatic heterocycles. The third-order valence-electron chi connectivity index (χ3n) is 3.40. The number of ether oxygens (including phenoxy) is 1. The zero-order valence-corrected chi connectivity index (χ0v) is 10.9. The first-order chi connectivity index (χ1) is 7.21. The van der Waals surface area contributed by atoms with Crippen LogP contribution in [0, 0.1) is 0 Å². The minimum atomic E-state index is -1.63. The number of hydrogen-bond donors (Lipinski definition) is 0. The van der Waals surface area contributed by atoms with Crippen molar-refractivity contribution in [1.82, 2.24) is 0 Å². The van der Waals surface area contributed by atoms with E-state index in [1.165, 1.54) is 0 Å². The van der Waals surface area contributed by atoms with Gasteiger partial charge >= 0.3 is 0 Å². The van der Waals surface area contributed by atoms with Gasteiger partial charge in [0.25, 0.3) is 0 Å². The highest BCUT2D eigenvalue weighted by Gasteiger charge is 2.35. The first-order valence-corrected chi connectivity index (χ1v) is 8.35.